The predicted molar refractivity (Wildman–Crippen MR) is 84.8 cm³/mol. The molecule has 21 heavy (non-hydrogen) atoms. The fourth-order valence-electron chi connectivity index (χ4n) is 3.05. The third-order valence-electron chi connectivity index (χ3n) is 4.30. The van der Waals surface area contributed by atoms with E-state index in [1.54, 1.807) is 6.08 Å². The second kappa shape index (κ2) is 6.42. The van der Waals surface area contributed by atoms with Crippen molar-refractivity contribution in [2.24, 2.45) is 5.92 Å². The third-order valence-corrected chi connectivity index (χ3v) is 5.02. The molecule has 0 aromatic heterocycles. The van der Waals surface area contributed by atoms with E-state index < -0.39 is 0 Å². The van der Waals surface area contributed by atoms with Crippen LogP contribution in [0.4, 0.5) is 0 Å². The Labute approximate surface area is 133 Å². The molecule has 1 aromatic carbocycles. The number of ether oxygens (including phenoxy) is 2. The van der Waals surface area contributed by atoms with Gasteiger partial charge in [0.05, 0.1) is 13.2 Å². The van der Waals surface area contributed by atoms with Gasteiger partial charge < -0.3 is 9.47 Å². The van der Waals surface area contributed by atoms with Gasteiger partial charge in [-0.2, -0.15) is 0 Å². The van der Waals surface area contributed by atoms with Crippen molar-refractivity contribution in [1.29, 1.82) is 0 Å². The van der Waals surface area contributed by atoms with Gasteiger partial charge in [0.2, 0.25) is 0 Å². The SMILES string of the molecule is O=C(C=Cc1ccccc1Br)C1CCC2(CC1)OCCO2. The number of benzene rings is 1. The quantitative estimate of drug-likeness (QED) is 0.774. The molecule has 0 amide bonds. The lowest BCUT2D eigenvalue weighted by Crippen LogP contribution is -2.36. The van der Waals surface area contributed by atoms with Crippen LogP contribution in [0, 0.1) is 5.92 Å². The fourth-order valence-corrected chi connectivity index (χ4v) is 3.46. The molecule has 3 nitrogen and oxygen atoms in total. The predicted octanol–water partition coefficient (Wildman–Crippen LogP) is 3.96. The molecular formula is C17H19BrO3. The van der Waals surface area contributed by atoms with Gasteiger partial charge in [-0.3, -0.25) is 4.79 Å². The van der Waals surface area contributed by atoms with E-state index in [0.717, 1.165) is 35.7 Å². The van der Waals surface area contributed by atoms with Gasteiger partial charge in [-0.05, 0) is 30.5 Å². The summed E-state index contributed by atoms with van der Waals surface area (Å²) in [7, 11) is 0. The van der Waals surface area contributed by atoms with Crippen LogP contribution in [-0.4, -0.2) is 24.8 Å². The van der Waals surface area contributed by atoms with Crippen LogP contribution in [0.15, 0.2) is 34.8 Å². The second-order valence-corrected chi connectivity index (χ2v) is 6.49. The Bertz CT molecular complexity index is 537. The van der Waals surface area contributed by atoms with Crippen LogP contribution in [-0.2, 0) is 14.3 Å². The zero-order chi connectivity index (χ0) is 14.7. The fraction of sp³-hybridized carbons (Fsp3) is 0.471. The van der Waals surface area contributed by atoms with Crippen molar-refractivity contribution in [1.82, 2.24) is 0 Å². The summed E-state index contributed by atoms with van der Waals surface area (Å²) in [5.74, 6) is -0.0797. The first kappa shape index (κ1) is 14.9. The molecule has 112 valence electrons. The second-order valence-electron chi connectivity index (χ2n) is 5.64. The van der Waals surface area contributed by atoms with E-state index in [9.17, 15) is 4.79 Å². The van der Waals surface area contributed by atoms with Gasteiger partial charge >= 0.3 is 0 Å². The molecule has 0 radical (unpaired) electrons. The summed E-state index contributed by atoms with van der Waals surface area (Å²) in [4.78, 5) is 12.3. The zero-order valence-corrected chi connectivity index (χ0v) is 13.5. The molecule has 0 unspecified atom stereocenters. The number of halogens is 1. The molecule has 4 heteroatoms. The van der Waals surface area contributed by atoms with Crippen molar-refractivity contribution in [3.8, 4) is 0 Å². The maximum Gasteiger partial charge on any atom is 0.168 e. The monoisotopic (exact) mass is 350 g/mol. The highest BCUT2D eigenvalue weighted by atomic mass is 79.9. The Morgan fingerprint density at radius 3 is 2.52 bits per heavy atom. The normalized spacial score (nSPS) is 22.1. The molecule has 1 saturated carbocycles. The van der Waals surface area contributed by atoms with Crippen LogP contribution in [0.5, 0.6) is 0 Å². The summed E-state index contributed by atoms with van der Waals surface area (Å²) in [6, 6.07) is 7.90. The van der Waals surface area contributed by atoms with E-state index in [-0.39, 0.29) is 17.5 Å². The first-order valence-electron chi connectivity index (χ1n) is 7.43. The molecule has 1 aromatic rings. The lowest BCUT2D eigenvalue weighted by Gasteiger charge is -2.34. The highest BCUT2D eigenvalue weighted by molar-refractivity contribution is 9.10. The smallest absolute Gasteiger partial charge is 0.168 e. The standard InChI is InChI=1S/C17H19BrO3/c18-15-4-2-1-3-13(15)5-6-16(19)14-7-9-17(10-8-14)20-11-12-21-17/h1-6,14H,7-12H2. The minimum Gasteiger partial charge on any atom is -0.348 e. The van der Waals surface area contributed by atoms with Crippen molar-refractivity contribution in [2.75, 3.05) is 13.2 Å². The highest BCUT2D eigenvalue weighted by Crippen LogP contribution is 2.38. The summed E-state index contributed by atoms with van der Waals surface area (Å²) in [5.41, 5.74) is 1.03. The van der Waals surface area contributed by atoms with E-state index in [0.29, 0.717) is 13.2 Å². The number of carbonyl (C=O) groups is 1. The molecule has 1 aliphatic carbocycles. The molecule has 1 saturated heterocycles. The van der Waals surface area contributed by atoms with Crippen LogP contribution in [0.3, 0.4) is 0 Å². The Hall–Kier alpha value is -0.970. The van der Waals surface area contributed by atoms with Gasteiger partial charge in [0.25, 0.3) is 0 Å². The van der Waals surface area contributed by atoms with Gasteiger partial charge in [0.15, 0.2) is 11.6 Å². The minimum absolute atomic E-state index is 0.0992. The topological polar surface area (TPSA) is 35.5 Å². The summed E-state index contributed by atoms with van der Waals surface area (Å²) < 4.78 is 12.4. The largest absolute Gasteiger partial charge is 0.348 e. The lowest BCUT2D eigenvalue weighted by atomic mass is 9.82. The summed E-state index contributed by atoms with van der Waals surface area (Å²) in [6.07, 6.45) is 6.94. The van der Waals surface area contributed by atoms with Gasteiger partial charge in [0, 0.05) is 23.2 Å². The first-order chi connectivity index (χ1) is 10.2. The van der Waals surface area contributed by atoms with Crippen LogP contribution in [0.2, 0.25) is 0 Å². The number of rotatable bonds is 3. The molecule has 1 heterocycles. The van der Waals surface area contributed by atoms with Gasteiger partial charge in [-0.25, -0.2) is 0 Å². The van der Waals surface area contributed by atoms with Crippen LogP contribution < -0.4 is 0 Å². The van der Waals surface area contributed by atoms with Crippen molar-refractivity contribution in [2.45, 2.75) is 31.5 Å². The average Bonchev–Trinajstić information content (AvgIpc) is 2.95. The molecular weight excluding hydrogens is 332 g/mol. The molecule has 1 aliphatic heterocycles. The number of hydrogen-bond acceptors (Lipinski definition) is 3. The Balaban J connectivity index is 1.58. The van der Waals surface area contributed by atoms with Crippen molar-refractivity contribution in [3.63, 3.8) is 0 Å². The van der Waals surface area contributed by atoms with Crippen molar-refractivity contribution >= 4 is 27.8 Å². The van der Waals surface area contributed by atoms with Crippen LogP contribution >= 0.6 is 15.9 Å². The van der Waals surface area contributed by atoms with Crippen LogP contribution in [0.1, 0.15) is 31.2 Å². The highest BCUT2D eigenvalue weighted by Gasteiger charge is 2.41. The molecule has 1 spiro atoms. The molecule has 0 atom stereocenters. The molecule has 0 N–H and O–H groups in total. The number of carbonyl (C=O) groups excluding carboxylic acids is 1. The Kier molecular flexibility index (Phi) is 4.57. The number of hydrogen-bond donors (Lipinski definition) is 0. The van der Waals surface area contributed by atoms with Gasteiger partial charge in [-0.1, -0.05) is 40.2 Å². The maximum atomic E-state index is 12.3. The Morgan fingerprint density at radius 1 is 1.19 bits per heavy atom. The van der Waals surface area contributed by atoms with E-state index in [4.69, 9.17) is 9.47 Å². The molecule has 3 rings (SSSR count). The lowest BCUT2D eigenvalue weighted by molar-refractivity contribution is -0.182. The average molecular weight is 351 g/mol. The Morgan fingerprint density at radius 2 is 1.86 bits per heavy atom. The zero-order valence-electron chi connectivity index (χ0n) is 11.9. The number of ketones is 1. The molecule has 2 fully saturated rings. The molecule has 0 bridgehead atoms. The summed E-state index contributed by atoms with van der Waals surface area (Å²) >= 11 is 3.49. The first-order valence-corrected chi connectivity index (χ1v) is 8.22. The summed E-state index contributed by atoms with van der Waals surface area (Å²) in [5, 5.41) is 0. The van der Waals surface area contributed by atoms with Crippen molar-refractivity contribution < 1.29 is 14.3 Å². The van der Waals surface area contributed by atoms with Gasteiger partial charge in [0.1, 0.15) is 0 Å². The van der Waals surface area contributed by atoms with Gasteiger partial charge in [-0.15, -0.1) is 0 Å². The van der Waals surface area contributed by atoms with E-state index in [2.05, 4.69) is 15.9 Å². The van der Waals surface area contributed by atoms with Crippen LogP contribution in [0.25, 0.3) is 6.08 Å². The van der Waals surface area contributed by atoms with E-state index in [1.165, 1.54) is 0 Å². The molecule has 2 aliphatic rings. The van der Waals surface area contributed by atoms with Crippen molar-refractivity contribution in [3.05, 3.63) is 40.4 Å². The minimum atomic E-state index is -0.386. The van der Waals surface area contributed by atoms with E-state index >= 15 is 0 Å². The van der Waals surface area contributed by atoms with E-state index in [1.807, 2.05) is 30.3 Å². The summed E-state index contributed by atoms with van der Waals surface area (Å²) in [6.45, 7) is 1.36. The number of allylic oxidation sites excluding steroid dienone is 1. The third kappa shape index (κ3) is 3.44. The maximum absolute atomic E-state index is 12.3.